The Labute approximate surface area is 124 Å². The molecule has 2 rings (SSSR count). The summed E-state index contributed by atoms with van der Waals surface area (Å²) < 4.78 is 7.14. The third-order valence-corrected chi connectivity index (χ3v) is 3.00. The minimum absolute atomic E-state index is 0.211. The molecule has 1 amide bonds. The predicted octanol–water partition coefficient (Wildman–Crippen LogP) is 1.87. The van der Waals surface area contributed by atoms with Crippen LogP contribution in [-0.4, -0.2) is 27.6 Å². The molecule has 2 aromatic heterocycles. The van der Waals surface area contributed by atoms with Gasteiger partial charge in [-0.1, -0.05) is 13.8 Å². The van der Waals surface area contributed by atoms with E-state index in [0.29, 0.717) is 23.9 Å². The summed E-state index contributed by atoms with van der Waals surface area (Å²) >= 11 is 0. The summed E-state index contributed by atoms with van der Waals surface area (Å²) in [7, 11) is 1.50. The molecule has 0 spiro atoms. The lowest BCUT2D eigenvalue weighted by molar-refractivity contribution is 0.0946. The molecule has 0 unspecified atom stereocenters. The molecule has 6 heteroatoms. The molecule has 2 aromatic rings. The summed E-state index contributed by atoms with van der Waals surface area (Å²) in [6, 6.07) is 3.40. The maximum atomic E-state index is 12.2. The number of hydrogen-bond acceptors (Lipinski definition) is 4. The number of pyridine rings is 1. The molecule has 112 valence electrons. The molecule has 1 N–H and O–H groups in total. The van der Waals surface area contributed by atoms with E-state index in [-0.39, 0.29) is 5.91 Å². The fourth-order valence-corrected chi connectivity index (χ4v) is 2.05. The van der Waals surface area contributed by atoms with Crippen molar-refractivity contribution < 1.29 is 9.53 Å². The van der Waals surface area contributed by atoms with Crippen LogP contribution in [0.1, 0.15) is 29.9 Å². The summed E-state index contributed by atoms with van der Waals surface area (Å²) in [5.74, 6) is 0.634. The van der Waals surface area contributed by atoms with Gasteiger partial charge < -0.3 is 14.6 Å². The van der Waals surface area contributed by atoms with Crippen LogP contribution in [-0.2, 0) is 13.1 Å². The highest BCUT2D eigenvalue weighted by molar-refractivity contribution is 5.96. The minimum Gasteiger partial charge on any atom is -0.480 e. The molecule has 2 heterocycles. The molecule has 0 aromatic carbocycles. The number of methoxy groups -OCH3 is 1. The first-order valence-corrected chi connectivity index (χ1v) is 6.88. The second-order valence-corrected chi connectivity index (χ2v) is 5.17. The van der Waals surface area contributed by atoms with Gasteiger partial charge in [-0.25, -0.2) is 9.97 Å². The monoisotopic (exact) mass is 288 g/mol. The van der Waals surface area contributed by atoms with E-state index in [1.54, 1.807) is 30.9 Å². The normalized spacial score (nSPS) is 10.7. The first-order valence-electron chi connectivity index (χ1n) is 6.88. The molecule has 0 aliphatic heterocycles. The van der Waals surface area contributed by atoms with Crippen LogP contribution < -0.4 is 10.1 Å². The number of nitrogens with one attached hydrogen (secondary N) is 1. The number of nitrogens with zero attached hydrogens (tertiary/aromatic N) is 3. The highest BCUT2D eigenvalue weighted by atomic mass is 16.5. The van der Waals surface area contributed by atoms with E-state index in [9.17, 15) is 4.79 Å². The van der Waals surface area contributed by atoms with Crippen LogP contribution in [0.15, 0.2) is 30.9 Å². The SMILES string of the molecule is COc1ncccc1C(=O)NCc1cncn1CC(C)C. The lowest BCUT2D eigenvalue weighted by atomic mass is 10.2. The Morgan fingerprint density at radius 3 is 3.00 bits per heavy atom. The largest absolute Gasteiger partial charge is 0.480 e. The molecule has 0 saturated heterocycles. The van der Waals surface area contributed by atoms with Crippen molar-refractivity contribution in [1.29, 1.82) is 0 Å². The molecule has 21 heavy (non-hydrogen) atoms. The van der Waals surface area contributed by atoms with Crippen LogP contribution in [0.2, 0.25) is 0 Å². The van der Waals surface area contributed by atoms with Crippen molar-refractivity contribution in [3.8, 4) is 5.88 Å². The smallest absolute Gasteiger partial charge is 0.257 e. The van der Waals surface area contributed by atoms with Gasteiger partial charge in [0, 0.05) is 18.9 Å². The number of hydrogen-bond donors (Lipinski definition) is 1. The third-order valence-electron chi connectivity index (χ3n) is 3.00. The van der Waals surface area contributed by atoms with Crippen molar-refractivity contribution in [3.05, 3.63) is 42.1 Å². The summed E-state index contributed by atoms with van der Waals surface area (Å²) in [6.45, 7) is 5.58. The van der Waals surface area contributed by atoms with Gasteiger partial charge in [0.05, 0.1) is 25.7 Å². The quantitative estimate of drug-likeness (QED) is 0.881. The van der Waals surface area contributed by atoms with E-state index >= 15 is 0 Å². The van der Waals surface area contributed by atoms with E-state index in [1.165, 1.54) is 7.11 Å². The molecule has 0 aliphatic rings. The Morgan fingerprint density at radius 2 is 2.29 bits per heavy atom. The lowest BCUT2D eigenvalue weighted by Gasteiger charge is -2.12. The first kappa shape index (κ1) is 15.0. The van der Waals surface area contributed by atoms with Gasteiger partial charge in [-0.2, -0.15) is 0 Å². The number of amides is 1. The van der Waals surface area contributed by atoms with Crippen molar-refractivity contribution >= 4 is 5.91 Å². The second kappa shape index (κ2) is 6.88. The maximum absolute atomic E-state index is 12.2. The standard InChI is InChI=1S/C15H20N4O2/c1-11(2)9-19-10-16-7-12(19)8-18-14(20)13-5-4-6-17-15(13)21-3/h4-7,10-11H,8-9H2,1-3H3,(H,18,20). The topological polar surface area (TPSA) is 69.0 Å². The van der Waals surface area contributed by atoms with Gasteiger partial charge in [-0.15, -0.1) is 0 Å². The molecule has 0 radical (unpaired) electrons. The van der Waals surface area contributed by atoms with Crippen molar-refractivity contribution in [1.82, 2.24) is 19.9 Å². The average molecular weight is 288 g/mol. The first-order chi connectivity index (χ1) is 10.1. The van der Waals surface area contributed by atoms with Crippen molar-refractivity contribution in [2.75, 3.05) is 7.11 Å². The number of rotatable bonds is 6. The Hall–Kier alpha value is -2.37. The van der Waals surface area contributed by atoms with Crippen LogP contribution in [0.3, 0.4) is 0 Å². The Bertz CT molecular complexity index is 607. The molecule has 0 aliphatic carbocycles. The zero-order chi connectivity index (χ0) is 15.2. The van der Waals surface area contributed by atoms with Gasteiger partial charge >= 0.3 is 0 Å². The van der Waals surface area contributed by atoms with Gasteiger partial charge in [-0.3, -0.25) is 4.79 Å². The molecule has 6 nitrogen and oxygen atoms in total. The van der Waals surface area contributed by atoms with E-state index in [2.05, 4.69) is 29.1 Å². The van der Waals surface area contributed by atoms with Crippen LogP contribution in [0, 0.1) is 5.92 Å². The predicted molar refractivity (Wildman–Crippen MR) is 79.0 cm³/mol. The molecule has 0 bridgehead atoms. The molecule has 0 fully saturated rings. The van der Waals surface area contributed by atoms with Crippen LogP contribution in [0.5, 0.6) is 5.88 Å². The van der Waals surface area contributed by atoms with E-state index in [1.807, 2.05) is 4.57 Å². The minimum atomic E-state index is -0.211. The number of carbonyl (C=O) groups is 1. The summed E-state index contributed by atoms with van der Waals surface area (Å²) in [6.07, 6.45) is 5.14. The lowest BCUT2D eigenvalue weighted by Crippen LogP contribution is -2.25. The maximum Gasteiger partial charge on any atom is 0.257 e. The highest BCUT2D eigenvalue weighted by Gasteiger charge is 2.13. The van der Waals surface area contributed by atoms with E-state index in [4.69, 9.17) is 4.74 Å². The number of aromatic nitrogens is 3. The third kappa shape index (κ3) is 3.81. The number of imidazole rings is 1. The second-order valence-electron chi connectivity index (χ2n) is 5.17. The van der Waals surface area contributed by atoms with Gasteiger partial charge in [0.25, 0.3) is 5.91 Å². The molecule has 0 atom stereocenters. The number of carbonyl (C=O) groups excluding carboxylic acids is 1. The van der Waals surface area contributed by atoms with E-state index < -0.39 is 0 Å². The van der Waals surface area contributed by atoms with Gasteiger partial charge in [0.2, 0.25) is 5.88 Å². The molecular weight excluding hydrogens is 268 g/mol. The summed E-state index contributed by atoms with van der Waals surface area (Å²) in [5.41, 5.74) is 1.40. The van der Waals surface area contributed by atoms with Gasteiger partial charge in [0.1, 0.15) is 5.56 Å². The van der Waals surface area contributed by atoms with Gasteiger partial charge in [0.15, 0.2) is 0 Å². The van der Waals surface area contributed by atoms with Crippen molar-refractivity contribution in [2.45, 2.75) is 26.9 Å². The summed E-state index contributed by atoms with van der Waals surface area (Å²) in [5, 5.41) is 2.87. The zero-order valence-electron chi connectivity index (χ0n) is 12.5. The average Bonchev–Trinajstić information content (AvgIpc) is 2.91. The Balaban J connectivity index is 2.03. The Kier molecular flexibility index (Phi) is 4.92. The van der Waals surface area contributed by atoms with Gasteiger partial charge in [-0.05, 0) is 18.1 Å². The van der Waals surface area contributed by atoms with Crippen LogP contribution in [0.25, 0.3) is 0 Å². The van der Waals surface area contributed by atoms with Crippen LogP contribution >= 0.6 is 0 Å². The number of ether oxygens (including phenoxy) is 1. The fourth-order valence-electron chi connectivity index (χ4n) is 2.05. The fraction of sp³-hybridized carbons (Fsp3) is 0.400. The zero-order valence-corrected chi connectivity index (χ0v) is 12.5. The van der Waals surface area contributed by atoms with Crippen molar-refractivity contribution in [2.24, 2.45) is 5.92 Å². The van der Waals surface area contributed by atoms with E-state index in [0.717, 1.165) is 12.2 Å². The summed E-state index contributed by atoms with van der Waals surface area (Å²) in [4.78, 5) is 20.3. The van der Waals surface area contributed by atoms with Crippen LogP contribution in [0.4, 0.5) is 0 Å². The Morgan fingerprint density at radius 1 is 1.48 bits per heavy atom. The molecular formula is C15H20N4O2. The van der Waals surface area contributed by atoms with Crippen molar-refractivity contribution in [3.63, 3.8) is 0 Å². The highest BCUT2D eigenvalue weighted by Crippen LogP contribution is 2.13. The molecule has 0 saturated carbocycles.